The maximum absolute atomic E-state index is 13.5. The summed E-state index contributed by atoms with van der Waals surface area (Å²) in [5.74, 6) is 1.47. The minimum absolute atomic E-state index is 0.0914. The molecule has 2 aromatic rings. The van der Waals surface area contributed by atoms with E-state index in [0.29, 0.717) is 48.2 Å². The van der Waals surface area contributed by atoms with E-state index in [1.54, 1.807) is 36.4 Å². The Hall–Kier alpha value is -3.43. The van der Waals surface area contributed by atoms with Gasteiger partial charge in [0.25, 0.3) is 0 Å². The van der Waals surface area contributed by atoms with Gasteiger partial charge in [-0.2, -0.15) is 0 Å². The van der Waals surface area contributed by atoms with Crippen molar-refractivity contribution in [1.29, 1.82) is 0 Å². The number of benzene rings is 2. The Labute approximate surface area is 404 Å². The van der Waals surface area contributed by atoms with Gasteiger partial charge < -0.3 is 39.7 Å². The topological polar surface area (TPSA) is 172 Å². The van der Waals surface area contributed by atoms with Gasteiger partial charge in [-0.25, -0.2) is 18.0 Å². The number of esters is 2. The van der Waals surface area contributed by atoms with Crippen LogP contribution < -0.4 is 5.32 Å². The average molecular weight is 957 g/mol. The number of carbonyl (C=O) groups excluding carboxylic acids is 2. The predicted octanol–water partition coefficient (Wildman–Crippen LogP) is 7.12. The van der Waals surface area contributed by atoms with Crippen LogP contribution in [0.5, 0.6) is 0 Å². The van der Waals surface area contributed by atoms with Gasteiger partial charge in [-0.05, 0) is 145 Å². The standard InChI is InChI=1S/C55H76N2O10S/c1-34(2)38-19-24-55(56-27-28-57-29-31-68(63,64)32-30-57)26-25-53(6)40(43(38)55)17-18-42-52(5)22-20-39(51(3,4)41(52)21-23-54(42,53)7)36-13-15-37(16-14-36)48(61)67-50-46(60)44(58)45(59)47(66-50)49(62)65-33-35-11-9-8-10-12-35/h8-16,20,38,40-47,50,56,58-60H,1,17-19,21-33H2,2-7H3/t38-,40+,41-,42+,43+,44-,45-,46+,47-,50+,52-,53+,54+,55-/m0/s1. The van der Waals surface area contributed by atoms with Crippen molar-refractivity contribution in [2.75, 3.05) is 37.7 Å². The van der Waals surface area contributed by atoms with Crippen LogP contribution in [-0.4, -0.2) is 115 Å². The van der Waals surface area contributed by atoms with Crippen molar-refractivity contribution in [2.45, 2.75) is 142 Å². The van der Waals surface area contributed by atoms with Gasteiger partial charge in [-0.1, -0.05) is 95.3 Å². The maximum Gasteiger partial charge on any atom is 0.340 e. The summed E-state index contributed by atoms with van der Waals surface area (Å²) >= 11 is 0. The lowest BCUT2D eigenvalue weighted by molar-refractivity contribution is -0.280. The van der Waals surface area contributed by atoms with Crippen LogP contribution in [0.3, 0.4) is 0 Å². The van der Waals surface area contributed by atoms with Crippen molar-refractivity contribution in [3.8, 4) is 0 Å². The number of carbonyl (C=O) groups is 2. The fourth-order valence-electron chi connectivity index (χ4n) is 15.9. The average Bonchev–Trinajstić information content (AvgIpc) is 3.69. The molecule has 6 fully saturated rings. The molecule has 0 spiro atoms. The molecule has 7 aliphatic rings. The Kier molecular flexibility index (Phi) is 13.3. The van der Waals surface area contributed by atoms with Crippen LogP contribution in [0.1, 0.15) is 121 Å². The smallest absolute Gasteiger partial charge is 0.340 e. The SMILES string of the molecule is C=C(C)[C@@H]1CC[C@]2(NCCN3CCS(=O)(=O)CC3)CC[C@]3(C)[C@H](CC[C@@H]4[C@@]5(C)CC=C(c6ccc(C(=O)O[C@H]7O[C@H](C(=O)OCc8ccccc8)[C@@H](O)[C@H](O)[C@H]7O)cc6)C(C)(C)[C@@H]5CC[C@]43C)[C@@H]12. The molecule has 0 unspecified atom stereocenters. The van der Waals surface area contributed by atoms with Crippen LogP contribution in [0.15, 0.2) is 72.8 Å². The second kappa shape index (κ2) is 18.3. The fourth-order valence-corrected chi connectivity index (χ4v) is 17.2. The molecule has 0 bridgehead atoms. The highest BCUT2D eigenvalue weighted by atomic mass is 32.2. The van der Waals surface area contributed by atoms with Crippen molar-refractivity contribution >= 4 is 27.3 Å². The first kappa shape index (κ1) is 49.5. The van der Waals surface area contributed by atoms with Crippen molar-refractivity contribution in [3.05, 3.63) is 89.5 Å². The van der Waals surface area contributed by atoms with Crippen molar-refractivity contribution in [1.82, 2.24) is 10.2 Å². The van der Waals surface area contributed by atoms with E-state index in [1.165, 1.54) is 56.1 Å². The lowest BCUT2D eigenvalue weighted by Crippen LogP contribution is -2.68. The number of sulfone groups is 1. The third-order valence-corrected chi connectivity index (χ3v) is 21.3. The van der Waals surface area contributed by atoms with Gasteiger partial charge >= 0.3 is 11.9 Å². The van der Waals surface area contributed by atoms with E-state index in [9.17, 15) is 33.3 Å². The normalized spacial score (nSPS) is 40.6. The molecule has 372 valence electrons. The number of fused-ring (bicyclic) bond motifs is 7. The van der Waals surface area contributed by atoms with Gasteiger partial charge in [0.2, 0.25) is 6.29 Å². The maximum atomic E-state index is 13.5. The number of allylic oxidation sites excluding steroid dienone is 3. The first-order valence-corrected chi connectivity index (χ1v) is 27.2. The number of hydrogen-bond donors (Lipinski definition) is 4. The molecule has 68 heavy (non-hydrogen) atoms. The fraction of sp³-hybridized carbons (Fsp3) is 0.673. The van der Waals surface area contributed by atoms with Crippen molar-refractivity contribution < 1.29 is 47.5 Å². The van der Waals surface area contributed by atoms with Gasteiger partial charge in [0.1, 0.15) is 24.9 Å². The van der Waals surface area contributed by atoms with Gasteiger partial charge in [0.05, 0.1) is 17.1 Å². The Morgan fingerprint density at radius 3 is 2.24 bits per heavy atom. The Morgan fingerprint density at radius 2 is 1.54 bits per heavy atom. The van der Waals surface area contributed by atoms with Crippen LogP contribution in [0, 0.1) is 51.2 Å². The zero-order chi connectivity index (χ0) is 48.6. The van der Waals surface area contributed by atoms with E-state index in [-0.39, 0.29) is 50.9 Å². The molecule has 2 heterocycles. The second-order valence-electron chi connectivity index (χ2n) is 23.3. The molecule has 2 aromatic carbocycles. The summed E-state index contributed by atoms with van der Waals surface area (Å²) in [6, 6.07) is 16.3. The van der Waals surface area contributed by atoms with Gasteiger partial charge in [0.15, 0.2) is 15.9 Å². The summed E-state index contributed by atoms with van der Waals surface area (Å²) in [4.78, 5) is 28.8. The first-order chi connectivity index (χ1) is 32.1. The summed E-state index contributed by atoms with van der Waals surface area (Å²) in [7, 11) is -2.90. The third-order valence-electron chi connectivity index (χ3n) is 19.7. The molecular formula is C55H76N2O10S. The Morgan fingerprint density at radius 1 is 0.838 bits per heavy atom. The van der Waals surface area contributed by atoms with E-state index >= 15 is 0 Å². The molecule has 0 radical (unpaired) electrons. The lowest BCUT2D eigenvalue weighted by atomic mass is 9.33. The number of nitrogens with zero attached hydrogens (tertiary/aromatic N) is 1. The zero-order valence-electron chi connectivity index (χ0n) is 41.1. The van der Waals surface area contributed by atoms with E-state index in [0.717, 1.165) is 31.5 Å². The Bertz CT molecular complexity index is 2360. The van der Waals surface area contributed by atoms with Gasteiger partial charge in [0, 0.05) is 31.7 Å². The zero-order valence-corrected chi connectivity index (χ0v) is 41.9. The monoisotopic (exact) mass is 957 g/mol. The molecule has 5 aliphatic carbocycles. The molecule has 13 heteroatoms. The van der Waals surface area contributed by atoms with Crippen molar-refractivity contribution in [2.24, 2.45) is 51.2 Å². The number of ether oxygens (including phenoxy) is 3. The quantitative estimate of drug-likeness (QED) is 0.133. The Balaban J connectivity index is 0.880. The summed E-state index contributed by atoms with van der Waals surface area (Å²) in [5.41, 5.74) is 5.02. The molecule has 0 aromatic heterocycles. The minimum atomic E-state index is -2.90. The highest BCUT2D eigenvalue weighted by Gasteiger charge is 2.70. The molecular weight excluding hydrogens is 881 g/mol. The van der Waals surface area contributed by atoms with Gasteiger partial charge in [-0.15, -0.1) is 0 Å². The molecule has 2 aliphatic heterocycles. The van der Waals surface area contributed by atoms with Crippen LogP contribution in [-0.2, 0) is 35.4 Å². The predicted molar refractivity (Wildman–Crippen MR) is 261 cm³/mol. The van der Waals surface area contributed by atoms with E-state index in [1.807, 2.05) is 18.2 Å². The molecule has 14 atom stereocenters. The van der Waals surface area contributed by atoms with Gasteiger partial charge in [-0.3, -0.25) is 0 Å². The summed E-state index contributed by atoms with van der Waals surface area (Å²) in [6.07, 6.45) is 4.21. The van der Waals surface area contributed by atoms with E-state index in [4.69, 9.17) is 14.2 Å². The number of nitrogens with one attached hydrogen (secondary N) is 1. The second-order valence-corrected chi connectivity index (χ2v) is 25.6. The molecule has 4 saturated carbocycles. The lowest BCUT2D eigenvalue weighted by Gasteiger charge is -2.72. The molecule has 4 N–H and O–H groups in total. The first-order valence-electron chi connectivity index (χ1n) is 25.4. The van der Waals surface area contributed by atoms with Crippen LogP contribution >= 0.6 is 0 Å². The van der Waals surface area contributed by atoms with Crippen LogP contribution in [0.2, 0.25) is 0 Å². The van der Waals surface area contributed by atoms with E-state index < -0.39 is 52.5 Å². The van der Waals surface area contributed by atoms with E-state index in [2.05, 4.69) is 64.4 Å². The number of aliphatic hydroxyl groups excluding tert-OH is 3. The molecule has 9 rings (SSSR count). The largest absolute Gasteiger partial charge is 0.459 e. The highest BCUT2D eigenvalue weighted by Crippen LogP contribution is 2.76. The molecule has 2 saturated heterocycles. The number of aliphatic hydroxyl groups is 3. The highest BCUT2D eigenvalue weighted by molar-refractivity contribution is 7.91. The number of rotatable bonds is 11. The summed E-state index contributed by atoms with van der Waals surface area (Å²) in [5, 5.41) is 36.1. The summed E-state index contributed by atoms with van der Waals surface area (Å²) < 4.78 is 40.7. The van der Waals surface area contributed by atoms with Crippen LogP contribution in [0.4, 0.5) is 0 Å². The third kappa shape index (κ3) is 8.45. The summed E-state index contributed by atoms with van der Waals surface area (Å²) in [6.45, 7) is 22.6. The molecule has 12 nitrogen and oxygen atoms in total. The number of hydrogen-bond acceptors (Lipinski definition) is 12. The van der Waals surface area contributed by atoms with Crippen molar-refractivity contribution in [3.63, 3.8) is 0 Å². The van der Waals surface area contributed by atoms with Crippen LogP contribution in [0.25, 0.3) is 5.57 Å². The minimum Gasteiger partial charge on any atom is -0.459 e. The molecule has 0 amide bonds.